The number of carbonyl (C=O) groups excluding carboxylic acids is 4. The van der Waals surface area contributed by atoms with E-state index in [0.29, 0.717) is 4.90 Å². The lowest BCUT2D eigenvalue weighted by Crippen LogP contribution is -2.42. The van der Waals surface area contributed by atoms with Crippen molar-refractivity contribution < 1.29 is 23.6 Å². The summed E-state index contributed by atoms with van der Waals surface area (Å²) in [7, 11) is 0. The average Bonchev–Trinajstić information content (AvgIpc) is 2.70. The molecule has 0 saturated carbocycles. The van der Waals surface area contributed by atoms with Crippen LogP contribution in [-0.4, -0.2) is 46.1 Å². The molecule has 1 aliphatic rings. The quantitative estimate of drug-likeness (QED) is 0.637. The maximum atomic E-state index is 13.4. The molecule has 1 aromatic carbocycles. The Morgan fingerprint density at radius 3 is 2.39 bits per heavy atom. The van der Waals surface area contributed by atoms with Crippen LogP contribution in [0.15, 0.2) is 24.3 Å². The molecule has 0 aliphatic carbocycles. The molecule has 8 heteroatoms. The molecule has 0 radical (unpaired) electrons. The molecule has 0 atom stereocenters. The molecule has 23 heavy (non-hydrogen) atoms. The molecule has 122 valence electrons. The Kier molecular flexibility index (Phi) is 4.73. The van der Waals surface area contributed by atoms with Crippen molar-refractivity contribution in [2.24, 2.45) is 0 Å². The van der Waals surface area contributed by atoms with Crippen LogP contribution in [-0.2, 0) is 20.9 Å². The topological polar surface area (TPSA) is 86.8 Å². The Bertz CT molecular complexity index is 674. The van der Waals surface area contributed by atoms with Crippen LogP contribution < -0.4 is 5.32 Å². The zero-order chi connectivity index (χ0) is 17.1. The van der Waals surface area contributed by atoms with Crippen LogP contribution in [0.4, 0.5) is 9.18 Å². The third-order valence-corrected chi connectivity index (χ3v) is 3.34. The third kappa shape index (κ3) is 3.36. The molecule has 7 nitrogen and oxygen atoms in total. The largest absolute Gasteiger partial charge is 0.350 e. The van der Waals surface area contributed by atoms with Crippen molar-refractivity contribution in [1.82, 2.24) is 15.1 Å². The molecule has 1 aliphatic heterocycles. The van der Waals surface area contributed by atoms with Crippen molar-refractivity contribution in [3.8, 4) is 0 Å². The van der Waals surface area contributed by atoms with Crippen LogP contribution in [0.2, 0.25) is 0 Å². The van der Waals surface area contributed by atoms with Gasteiger partial charge in [0.2, 0.25) is 5.91 Å². The number of amides is 5. The minimum Gasteiger partial charge on any atom is -0.350 e. The minimum atomic E-state index is -1.04. The molecule has 1 N–H and O–H groups in total. The SMILES string of the molecule is CC(C)N1C(=O)C(=O)N(CC(=O)NCc2ccccc2F)C1=O. The fourth-order valence-corrected chi connectivity index (χ4v) is 2.15. The summed E-state index contributed by atoms with van der Waals surface area (Å²) in [6.45, 7) is 2.51. The molecule has 1 heterocycles. The zero-order valence-corrected chi connectivity index (χ0v) is 12.7. The second kappa shape index (κ2) is 6.55. The first-order chi connectivity index (χ1) is 10.8. The molecule has 1 saturated heterocycles. The molecule has 2 rings (SSSR count). The van der Waals surface area contributed by atoms with E-state index in [2.05, 4.69) is 5.32 Å². The van der Waals surface area contributed by atoms with Gasteiger partial charge >= 0.3 is 17.8 Å². The first-order valence-electron chi connectivity index (χ1n) is 7.02. The van der Waals surface area contributed by atoms with Gasteiger partial charge in [-0.15, -0.1) is 0 Å². The van der Waals surface area contributed by atoms with E-state index in [4.69, 9.17) is 0 Å². The highest BCUT2D eigenvalue weighted by molar-refractivity contribution is 6.45. The molecule has 1 fully saturated rings. The Balaban J connectivity index is 1.98. The van der Waals surface area contributed by atoms with Gasteiger partial charge in [-0.05, 0) is 19.9 Å². The van der Waals surface area contributed by atoms with Crippen molar-refractivity contribution in [2.75, 3.05) is 6.54 Å². The number of rotatable bonds is 5. The second-order valence-electron chi connectivity index (χ2n) is 5.31. The maximum absolute atomic E-state index is 13.4. The summed E-state index contributed by atoms with van der Waals surface area (Å²) in [6, 6.07) is 4.60. The first kappa shape index (κ1) is 16.6. The van der Waals surface area contributed by atoms with Gasteiger partial charge in [0, 0.05) is 18.2 Å². The van der Waals surface area contributed by atoms with E-state index in [1.165, 1.54) is 18.2 Å². The van der Waals surface area contributed by atoms with Crippen LogP contribution in [0, 0.1) is 5.82 Å². The van der Waals surface area contributed by atoms with Gasteiger partial charge in [0.05, 0.1) is 0 Å². The minimum absolute atomic E-state index is 0.0798. The monoisotopic (exact) mass is 321 g/mol. The van der Waals surface area contributed by atoms with Gasteiger partial charge in [-0.3, -0.25) is 19.3 Å². The lowest BCUT2D eigenvalue weighted by Gasteiger charge is -2.18. The maximum Gasteiger partial charge on any atom is 0.334 e. The lowest BCUT2D eigenvalue weighted by molar-refractivity contribution is -0.144. The van der Waals surface area contributed by atoms with Crippen LogP contribution in [0.5, 0.6) is 0 Å². The number of imide groups is 2. The van der Waals surface area contributed by atoms with Gasteiger partial charge in [-0.25, -0.2) is 14.1 Å². The summed E-state index contributed by atoms with van der Waals surface area (Å²) in [5.41, 5.74) is 0.278. The first-order valence-corrected chi connectivity index (χ1v) is 7.02. The summed E-state index contributed by atoms with van der Waals surface area (Å²) < 4.78 is 13.4. The highest BCUT2D eigenvalue weighted by Gasteiger charge is 2.46. The number of halogens is 1. The molecule has 1 aromatic rings. The van der Waals surface area contributed by atoms with Crippen molar-refractivity contribution in [3.63, 3.8) is 0 Å². The van der Waals surface area contributed by atoms with Crippen molar-refractivity contribution >= 4 is 23.8 Å². The highest BCUT2D eigenvalue weighted by atomic mass is 19.1. The standard InChI is InChI=1S/C15H16FN3O4/c1-9(2)19-14(22)13(21)18(15(19)23)8-12(20)17-7-10-5-3-4-6-11(10)16/h3-6,9H,7-8H2,1-2H3,(H,17,20). The fourth-order valence-electron chi connectivity index (χ4n) is 2.15. The zero-order valence-electron chi connectivity index (χ0n) is 12.7. The summed E-state index contributed by atoms with van der Waals surface area (Å²) in [5.74, 6) is -3.12. The van der Waals surface area contributed by atoms with Crippen molar-refractivity contribution in [1.29, 1.82) is 0 Å². The molecule has 5 amide bonds. The van der Waals surface area contributed by atoms with E-state index < -0.39 is 42.2 Å². The highest BCUT2D eigenvalue weighted by Crippen LogP contribution is 2.15. The van der Waals surface area contributed by atoms with Gasteiger partial charge in [0.15, 0.2) is 0 Å². The molecular weight excluding hydrogens is 305 g/mol. The Hall–Kier alpha value is -2.77. The molecular formula is C15H16FN3O4. The van der Waals surface area contributed by atoms with Gasteiger partial charge in [-0.2, -0.15) is 0 Å². The van der Waals surface area contributed by atoms with Crippen LogP contribution in [0.3, 0.4) is 0 Å². The van der Waals surface area contributed by atoms with E-state index in [1.807, 2.05) is 0 Å². The van der Waals surface area contributed by atoms with E-state index in [-0.39, 0.29) is 12.1 Å². The smallest absolute Gasteiger partial charge is 0.334 e. The number of nitrogens with one attached hydrogen (secondary N) is 1. The summed E-state index contributed by atoms with van der Waals surface area (Å²) >= 11 is 0. The van der Waals surface area contributed by atoms with E-state index in [0.717, 1.165) is 4.90 Å². The number of hydrogen-bond donors (Lipinski definition) is 1. The van der Waals surface area contributed by atoms with Gasteiger partial charge < -0.3 is 5.32 Å². The average molecular weight is 321 g/mol. The predicted molar refractivity (Wildman–Crippen MR) is 77.3 cm³/mol. The Morgan fingerprint density at radius 1 is 1.17 bits per heavy atom. The lowest BCUT2D eigenvalue weighted by atomic mass is 10.2. The van der Waals surface area contributed by atoms with E-state index in [9.17, 15) is 23.6 Å². The third-order valence-electron chi connectivity index (χ3n) is 3.34. The summed E-state index contributed by atoms with van der Waals surface area (Å²) in [6.07, 6.45) is 0. The van der Waals surface area contributed by atoms with Crippen LogP contribution in [0.1, 0.15) is 19.4 Å². The van der Waals surface area contributed by atoms with Crippen molar-refractivity contribution in [3.05, 3.63) is 35.6 Å². The fraction of sp³-hybridized carbons (Fsp3) is 0.333. The second-order valence-corrected chi connectivity index (χ2v) is 5.31. The number of benzene rings is 1. The molecule has 0 spiro atoms. The number of nitrogens with zero attached hydrogens (tertiary/aromatic N) is 2. The summed E-state index contributed by atoms with van der Waals surface area (Å²) in [4.78, 5) is 48.7. The Morgan fingerprint density at radius 2 is 1.83 bits per heavy atom. The van der Waals surface area contributed by atoms with E-state index >= 15 is 0 Å². The van der Waals surface area contributed by atoms with Gasteiger partial charge in [0.1, 0.15) is 12.4 Å². The van der Waals surface area contributed by atoms with Crippen LogP contribution in [0.25, 0.3) is 0 Å². The van der Waals surface area contributed by atoms with Gasteiger partial charge in [-0.1, -0.05) is 18.2 Å². The molecule has 0 aromatic heterocycles. The molecule has 0 unspecified atom stereocenters. The van der Waals surface area contributed by atoms with Gasteiger partial charge in [0.25, 0.3) is 0 Å². The van der Waals surface area contributed by atoms with E-state index in [1.54, 1.807) is 19.9 Å². The summed E-state index contributed by atoms with van der Waals surface area (Å²) in [5, 5.41) is 2.41. The number of urea groups is 1. The normalized spacial score (nSPS) is 14.9. The Labute approximate surface area is 132 Å². The van der Waals surface area contributed by atoms with Crippen LogP contribution >= 0.6 is 0 Å². The number of carbonyl (C=O) groups is 4. The number of hydrogen-bond acceptors (Lipinski definition) is 4. The van der Waals surface area contributed by atoms with Crippen molar-refractivity contribution in [2.45, 2.75) is 26.4 Å². The molecule has 0 bridgehead atoms. The predicted octanol–water partition coefficient (Wildman–Crippen LogP) is 0.641.